The van der Waals surface area contributed by atoms with Gasteiger partial charge in [-0.2, -0.15) is 11.8 Å². The van der Waals surface area contributed by atoms with E-state index in [1.807, 2.05) is 11.8 Å². The highest BCUT2D eigenvalue weighted by molar-refractivity contribution is 7.98. The summed E-state index contributed by atoms with van der Waals surface area (Å²) in [6.45, 7) is 4.59. The zero-order valence-electron chi connectivity index (χ0n) is 12.1. The zero-order chi connectivity index (χ0) is 14.0. The molecule has 0 bridgehead atoms. The van der Waals surface area contributed by atoms with Crippen molar-refractivity contribution in [3.8, 4) is 0 Å². The predicted octanol–water partition coefficient (Wildman–Crippen LogP) is 1.65. The summed E-state index contributed by atoms with van der Waals surface area (Å²) in [5, 5.41) is 2.98. The summed E-state index contributed by atoms with van der Waals surface area (Å²) in [4.78, 5) is 26.7. The summed E-state index contributed by atoms with van der Waals surface area (Å²) in [5.41, 5.74) is -0.667. The maximum absolute atomic E-state index is 12.9. The smallest absolute Gasteiger partial charge is 0.248 e. The normalized spacial score (nSPS) is 29.9. The quantitative estimate of drug-likeness (QED) is 0.835. The molecule has 1 aliphatic heterocycles. The third kappa shape index (κ3) is 2.91. The molecule has 5 heteroatoms. The van der Waals surface area contributed by atoms with E-state index >= 15 is 0 Å². The highest BCUT2D eigenvalue weighted by atomic mass is 32.2. The van der Waals surface area contributed by atoms with Gasteiger partial charge in [-0.1, -0.05) is 6.92 Å². The molecule has 108 valence electrons. The van der Waals surface area contributed by atoms with Gasteiger partial charge in [0.05, 0.1) is 0 Å². The molecule has 1 aliphatic carbocycles. The Morgan fingerprint density at radius 2 is 2.16 bits per heavy atom. The van der Waals surface area contributed by atoms with Gasteiger partial charge < -0.3 is 10.2 Å². The van der Waals surface area contributed by atoms with Crippen LogP contribution in [0.2, 0.25) is 0 Å². The first kappa shape index (κ1) is 14.7. The van der Waals surface area contributed by atoms with Crippen LogP contribution < -0.4 is 5.32 Å². The minimum Gasteiger partial charge on any atom is -0.342 e. The number of nitrogens with one attached hydrogen (secondary N) is 1. The van der Waals surface area contributed by atoms with Gasteiger partial charge in [0.2, 0.25) is 11.8 Å². The molecule has 0 radical (unpaired) electrons. The molecule has 2 rings (SSSR count). The van der Waals surface area contributed by atoms with Gasteiger partial charge in [-0.3, -0.25) is 9.59 Å². The second-order valence-electron chi connectivity index (χ2n) is 5.79. The second kappa shape index (κ2) is 5.73. The maximum atomic E-state index is 12.9. The molecule has 0 aromatic carbocycles. The summed E-state index contributed by atoms with van der Waals surface area (Å²) in [7, 11) is 0. The summed E-state index contributed by atoms with van der Waals surface area (Å²) in [6, 6.07) is 0.244. The average Bonchev–Trinajstić information content (AvgIpc) is 3.20. The molecule has 2 unspecified atom stereocenters. The van der Waals surface area contributed by atoms with Crippen LogP contribution >= 0.6 is 11.8 Å². The molecule has 2 amide bonds. The summed E-state index contributed by atoms with van der Waals surface area (Å²) >= 11 is 1.76. The standard InChI is InChI=1S/C14H24N2O2S/c1-4-11(9-19-3)16-8-7-12(17)15-14(2,13(16)18)10-5-6-10/h10-11H,4-9H2,1-3H3,(H,15,17). The second-order valence-corrected chi connectivity index (χ2v) is 6.70. The van der Waals surface area contributed by atoms with Gasteiger partial charge in [0.1, 0.15) is 5.54 Å². The molecule has 4 nitrogen and oxygen atoms in total. The van der Waals surface area contributed by atoms with Crippen LogP contribution in [0.4, 0.5) is 0 Å². The van der Waals surface area contributed by atoms with Crippen molar-refractivity contribution >= 4 is 23.6 Å². The fraction of sp³-hybridized carbons (Fsp3) is 0.857. The van der Waals surface area contributed by atoms with Crippen molar-refractivity contribution in [3.05, 3.63) is 0 Å². The van der Waals surface area contributed by atoms with Crippen molar-refractivity contribution in [2.45, 2.75) is 51.1 Å². The van der Waals surface area contributed by atoms with Crippen LogP contribution in [-0.2, 0) is 9.59 Å². The molecule has 2 aliphatic rings. The highest BCUT2D eigenvalue weighted by Gasteiger charge is 2.51. The van der Waals surface area contributed by atoms with Gasteiger partial charge in [-0.25, -0.2) is 0 Å². The largest absolute Gasteiger partial charge is 0.342 e. The van der Waals surface area contributed by atoms with Crippen LogP contribution in [0.1, 0.15) is 39.5 Å². The molecule has 1 saturated heterocycles. The molecule has 1 saturated carbocycles. The number of hydrogen-bond donors (Lipinski definition) is 1. The van der Waals surface area contributed by atoms with Crippen LogP contribution in [0.3, 0.4) is 0 Å². The number of carbonyl (C=O) groups is 2. The number of carbonyl (C=O) groups excluding carboxylic acids is 2. The van der Waals surface area contributed by atoms with Crippen LogP contribution in [0.15, 0.2) is 0 Å². The van der Waals surface area contributed by atoms with Gasteiger partial charge in [0.25, 0.3) is 0 Å². The number of nitrogens with zero attached hydrogens (tertiary/aromatic N) is 1. The van der Waals surface area contributed by atoms with Crippen molar-refractivity contribution < 1.29 is 9.59 Å². The maximum Gasteiger partial charge on any atom is 0.248 e. The minimum atomic E-state index is -0.667. The lowest BCUT2D eigenvalue weighted by molar-refractivity contribution is -0.140. The molecule has 0 spiro atoms. The van der Waals surface area contributed by atoms with Crippen LogP contribution in [-0.4, -0.2) is 46.8 Å². The molecule has 0 aromatic heterocycles. The Balaban J connectivity index is 2.22. The molecule has 0 aromatic rings. The Kier molecular flexibility index (Phi) is 4.43. The van der Waals surface area contributed by atoms with Crippen molar-refractivity contribution in [1.29, 1.82) is 0 Å². The molecule has 2 fully saturated rings. The first-order valence-electron chi connectivity index (χ1n) is 7.14. The SMILES string of the molecule is CCC(CSC)N1CCC(=O)NC(C)(C2CC2)C1=O. The van der Waals surface area contributed by atoms with E-state index in [4.69, 9.17) is 0 Å². The molecule has 1 heterocycles. The molecular weight excluding hydrogens is 260 g/mol. The monoisotopic (exact) mass is 284 g/mol. The third-order valence-corrected chi connectivity index (χ3v) is 5.07. The van der Waals surface area contributed by atoms with Crippen molar-refractivity contribution in [2.24, 2.45) is 5.92 Å². The lowest BCUT2D eigenvalue weighted by Gasteiger charge is -2.36. The topological polar surface area (TPSA) is 49.4 Å². The predicted molar refractivity (Wildman–Crippen MR) is 78.1 cm³/mol. The molecule has 19 heavy (non-hydrogen) atoms. The van der Waals surface area contributed by atoms with E-state index in [1.54, 1.807) is 11.8 Å². The Morgan fingerprint density at radius 1 is 1.47 bits per heavy atom. The average molecular weight is 284 g/mol. The van der Waals surface area contributed by atoms with E-state index in [9.17, 15) is 9.59 Å². The third-order valence-electron chi connectivity index (χ3n) is 4.35. The van der Waals surface area contributed by atoms with Gasteiger partial charge in [-0.15, -0.1) is 0 Å². The number of hydrogen-bond acceptors (Lipinski definition) is 3. The van der Waals surface area contributed by atoms with E-state index in [0.717, 1.165) is 25.0 Å². The Morgan fingerprint density at radius 3 is 2.68 bits per heavy atom. The van der Waals surface area contributed by atoms with Gasteiger partial charge in [-0.05, 0) is 38.4 Å². The van der Waals surface area contributed by atoms with Gasteiger partial charge in [0, 0.05) is 24.8 Å². The Labute approximate surface area is 119 Å². The summed E-state index contributed by atoms with van der Waals surface area (Å²) in [6.07, 6.45) is 5.54. The van der Waals surface area contributed by atoms with Crippen LogP contribution in [0.25, 0.3) is 0 Å². The Bertz CT molecular complexity index is 370. The zero-order valence-corrected chi connectivity index (χ0v) is 12.9. The lowest BCUT2D eigenvalue weighted by Crippen LogP contribution is -2.58. The first-order valence-corrected chi connectivity index (χ1v) is 8.53. The number of rotatable bonds is 5. The number of amides is 2. The van der Waals surface area contributed by atoms with Crippen molar-refractivity contribution in [3.63, 3.8) is 0 Å². The number of thioether (sulfide) groups is 1. The van der Waals surface area contributed by atoms with E-state index in [0.29, 0.717) is 18.9 Å². The van der Waals surface area contributed by atoms with E-state index in [2.05, 4.69) is 18.5 Å². The van der Waals surface area contributed by atoms with Crippen molar-refractivity contribution in [1.82, 2.24) is 10.2 Å². The fourth-order valence-electron chi connectivity index (χ4n) is 2.93. The minimum absolute atomic E-state index is 0.0178. The van der Waals surface area contributed by atoms with E-state index in [1.165, 1.54) is 0 Å². The van der Waals surface area contributed by atoms with E-state index < -0.39 is 5.54 Å². The summed E-state index contributed by atoms with van der Waals surface area (Å²) < 4.78 is 0. The molecule has 1 N–H and O–H groups in total. The van der Waals surface area contributed by atoms with Crippen LogP contribution in [0, 0.1) is 5.92 Å². The van der Waals surface area contributed by atoms with Crippen LogP contribution in [0.5, 0.6) is 0 Å². The fourth-order valence-corrected chi connectivity index (χ4v) is 3.73. The summed E-state index contributed by atoms with van der Waals surface area (Å²) in [5.74, 6) is 1.42. The lowest BCUT2D eigenvalue weighted by atomic mass is 9.93. The van der Waals surface area contributed by atoms with Gasteiger partial charge in [0.15, 0.2) is 0 Å². The molecule has 2 atom stereocenters. The Hall–Kier alpha value is -0.710. The molecular formula is C14H24N2O2S. The van der Waals surface area contributed by atoms with E-state index in [-0.39, 0.29) is 17.9 Å². The van der Waals surface area contributed by atoms with Crippen molar-refractivity contribution in [2.75, 3.05) is 18.6 Å². The first-order chi connectivity index (χ1) is 9.02. The van der Waals surface area contributed by atoms with Gasteiger partial charge >= 0.3 is 0 Å². The highest BCUT2D eigenvalue weighted by Crippen LogP contribution is 2.41.